The Morgan fingerprint density at radius 1 is 1.42 bits per heavy atom. The summed E-state index contributed by atoms with van der Waals surface area (Å²) in [5.74, 6) is -0.194. The summed E-state index contributed by atoms with van der Waals surface area (Å²) in [7, 11) is -3.04. The highest BCUT2D eigenvalue weighted by atomic mass is 32.2. The van der Waals surface area contributed by atoms with E-state index in [9.17, 15) is 18.0 Å². The van der Waals surface area contributed by atoms with Crippen LogP contribution in [0.2, 0.25) is 0 Å². The minimum atomic E-state index is -3.04. The Hall–Kier alpha value is -1.11. The third kappa shape index (κ3) is 4.49. The second kappa shape index (κ2) is 6.36. The summed E-state index contributed by atoms with van der Waals surface area (Å²) in [4.78, 5) is 25.3. The van der Waals surface area contributed by atoms with E-state index in [1.54, 1.807) is 0 Å². The normalized spacial score (nSPS) is 22.3. The van der Waals surface area contributed by atoms with E-state index in [2.05, 4.69) is 5.32 Å². The first-order valence-electron chi connectivity index (χ1n) is 6.51. The number of hydrogen-bond acceptors (Lipinski definition) is 4. The van der Waals surface area contributed by atoms with Crippen molar-refractivity contribution in [1.29, 1.82) is 0 Å². The largest absolute Gasteiger partial charge is 0.345 e. The van der Waals surface area contributed by atoms with Gasteiger partial charge in [0.1, 0.15) is 15.9 Å². The molecule has 1 fully saturated rings. The minimum absolute atomic E-state index is 0.00461. The van der Waals surface area contributed by atoms with Gasteiger partial charge in [0.2, 0.25) is 11.8 Å². The molecule has 0 aliphatic carbocycles. The molecule has 0 radical (unpaired) electrons. The second-order valence-corrected chi connectivity index (χ2v) is 7.38. The van der Waals surface area contributed by atoms with Crippen LogP contribution in [0.5, 0.6) is 0 Å². The van der Waals surface area contributed by atoms with Crippen molar-refractivity contribution < 1.29 is 18.0 Å². The molecule has 6 nitrogen and oxygen atoms in total. The zero-order chi connectivity index (χ0) is 14.6. The minimum Gasteiger partial charge on any atom is -0.345 e. The second-order valence-electron chi connectivity index (χ2n) is 5.12. The fourth-order valence-corrected chi connectivity index (χ4v) is 2.87. The maximum Gasteiger partial charge on any atom is 0.243 e. The summed E-state index contributed by atoms with van der Waals surface area (Å²) >= 11 is 0. The molecule has 1 heterocycles. The van der Waals surface area contributed by atoms with Crippen molar-refractivity contribution in [3.8, 4) is 0 Å². The topological polar surface area (TPSA) is 83.6 Å². The number of nitrogens with zero attached hydrogens (tertiary/aromatic N) is 1. The number of carbonyl (C=O) groups excluding carboxylic acids is 2. The molecule has 7 heteroatoms. The van der Waals surface area contributed by atoms with Gasteiger partial charge in [0, 0.05) is 12.8 Å². The fraction of sp³-hybridized carbons (Fsp3) is 0.833. The van der Waals surface area contributed by atoms with E-state index in [4.69, 9.17) is 0 Å². The van der Waals surface area contributed by atoms with Crippen molar-refractivity contribution in [3.63, 3.8) is 0 Å². The molecule has 0 aromatic carbocycles. The molecule has 1 saturated heterocycles. The first-order valence-corrected chi connectivity index (χ1v) is 8.57. The van der Waals surface area contributed by atoms with Gasteiger partial charge in [-0.15, -0.1) is 0 Å². The molecular weight excluding hydrogens is 268 g/mol. The van der Waals surface area contributed by atoms with Crippen LogP contribution in [0.15, 0.2) is 0 Å². The lowest BCUT2D eigenvalue weighted by Crippen LogP contribution is -2.60. The van der Waals surface area contributed by atoms with Gasteiger partial charge in [-0.2, -0.15) is 0 Å². The standard InChI is InChI=1S/C12H22N2O4S/c1-4-9(2)11-12(16)13-8-10(15)14(11)6-5-7-19(3,17)18/h9,11H,4-8H2,1-3H3,(H,13,16). The Morgan fingerprint density at radius 2 is 2.05 bits per heavy atom. The molecule has 1 N–H and O–H groups in total. The van der Waals surface area contributed by atoms with Gasteiger partial charge in [0.05, 0.1) is 12.3 Å². The molecule has 0 spiro atoms. The van der Waals surface area contributed by atoms with Crippen LogP contribution in [-0.4, -0.2) is 56.3 Å². The molecular formula is C12H22N2O4S. The zero-order valence-corrected chi connectivity index (χ0v) is 12.5. The van der Waals surface area contributed by atoms with E-state index >= 15 is 0 Å². The number of piperazine rings is 1. The van der Waals surface area contributed by atoms with Crippen LogP contribution < -0.4 is 5.32 Å². The van der Waals surface area contributed by atoms with Crippen molar-refractivity contribution in [1.82, 2.24) is 10.2 Å². The average Bonchev–Trinajstić information content (AvgIpc) is 2.31. The highest BCUT2D eigenvalue weighted by Crippen LogP contribution is 2.18. The smallest absolute Gasteiger partial charge is 0.243 e. The molecule has 2 atom stereocenters. The quantitative estimate of drug-likeness (QED) is 0.734. The Morgan fingerprint density at radius 3 is 2.58 bits per heavy atom. The monoisotopic (exact) mass is 290 g/mol. The van der Waals surface area contributed by atoms with Crippen LogP contribution in [0.1, 0.15) is 26.7 Å². The van der Waals surface area contributed by atoms with Gasteiger partial charge in [0.15, 0.2) is 0 Å². The highest BCUT2D eigenvalue weighted by Gasteiger charge is 2.36. The SMILES string of the molecule is CCC(C)C1C(=O)NCC(=O)N1CCCS(C)(=O)=O. The Balaban J connectivity index is 2.73. The zero-order valence-electron chi connectivity index (χ0n) is 11.7. The first-order chi connectivity index (χ1) is 8.76. The van der Waals surface area contributed by atoms with Crippen LogP contribution in [0.3, 0.4) is 0 Å². The molecule has 1 aliphatic rings. The number of hydrogen-bond donors (Lipinski definition) is 1. The summed E-state index contributed by atoms with van der Waals surface area (Å²) in [5.41, 5.74) is 0. The predicted octanol–water partition coefficient (Wildman–Crippen LogP) is -0.206. The van der Waals surface area contributed by atoms with Crippen molar-refractivity contribution in [3.05, 3.63) is 0 Å². The van der Waals surface area contributed by atoms with Gasteiger partial charge >= 0.3 is 0 Å². The predicted molar refractivity (Wildman–Crippen MR) is 72.3 cm³/mol. The van der Waals surface area contributed by atoms with Crippen LogP contribution in [-0.2, 0) is 19.4 Å². The van der Waals surface area contributed by atoms with Crippen molar-refractivity contribution >= 4 is 21.7 Å². The Kier molecular flexibility index (Phi) is 5.34. The summed E-state index contributed by atoms with van der Waals surface area (Å²) in [5, 5.41) is 2.59. The number of carbonyl (C=O) groups is 2. The number of amides is 2. The van der Waals surface area contributed by atoms with E-state index in [1.165, 1.54) is 11.2 Å². The summed E-state index contributed by atoms with van der Waals surface area (Å²) in [6.07, 6.45) is 2.32. The van der Waals surface area contributed by atoms with Crippen molar-refractivity contribution in [2.24, 2.45) is 5.92 Å². The third-order valence-corrected chi connectivity index (χ3v) is 4.47. The lowest BCUT2D eigenvalue weighted by atomic mass is 9.95. The third-order valence-electron chi connectivity index (χ3n) is 3.44. The fourth-order valence-electron chi connectivity index (χ4n) is 2.22. The number of rotatable bonds is 6. The van der Waals surface area contributed by atoms with E-state index in [-0.39, 0.29) is 30.0 Å². The van der Waals surface area contributed by atoms with Gasteiger partial charge in [-0.3, -0.25) is 9.59 Å². The molecule has 110 valence electrons. The lowest BCUT2D eigenvalue weighted by molar-refractivity contribution is -0.147. The van der Waals surface area contributed by atoms with Gasteiger partial charge in [-0.25, -0.2) is 8.42 Å². The van der Waals surface area contributed by atoms with Crippen molar-refractivity contribution in [2.45, 2.75) is 32.7 Å². The molecule has 0 saturated carbocycles. The first kappa shape index (κ1) is 15.9. The number of sulfone groups is 1. The molecule has 0 aromatic rings. The molecule has 0 bridgehead atoms. The summed E-state index contributed by atoms with van der Waals surface area (Å²) in [6.45, 7) is 4.21. The maximum atomic E-state index is 11.9. The summed E-state index contributed by atoms with van der Waals surface area (Å²) < 4.78 is 22.2. The molecule has 0 aromatic heterocycles. The maximum absolute atomic E-state index is 11.9. The van der Waals surface area contributed by atoms with E-state index in [0.29, 0.717) is 13.0 Å². The molecule has 2 unspecified atom stereocenters. The van der Waals surface area contributed by atoms with E-state index < -0.39 is 15.9 Å². The number of nitrogens with one attached hydrogen (secondary N) is 1. The molecule has 19 heavy (non-hydrogen) atoms. The average molecular weight is 290 g/mol. The highest BCUT2D eigenvalue weighted by molar-refractivity contribution is 7.90. The van der Waals surface area contributed by atoms with Gasteiger partial charge < -0.3 is 10.2 Å². The molecule has 2 amide bonds. The van der Waals surface area contributed by atoms with Crippen LogP contribution in [0.25, 0.3) is 0 Å². The Bertz CT molecular complexity index is 447. The van der Waals surface area contributed by atoms with Gasteiger partial charge in [0.25, 0.3) is 0 Å². The van der Waals surface area contributed by atoms with E-state index in [1.807, 2.05) is 13.8 Å². The summed E-state index contributed by atoms with van der Waals surface area (Å²) in [6, 6.07) is -0.481. The van der Waals surface area contributed by atoms with Gasteiger partial charge in [-0.1, -0.05) is 20.3 Å². The van der Waals surface area contributed by atoms with Crippen molar-refractivity contribution in [2.75, 3.05) is 25.1 Å². The van der Waals surface area contributed by atoms with Gasteiger partial charge in [-0.05, 0) is 12.3 Å². The van der Waals surface area contributed by atoms with Crippen LogP contribution in [0, 0.1) is 5.92 Å². The van der Waals surface area contributed by atoms with Crippen LogP contribution in [0.4, 0.5) is 0 Å². The molecule has 1 aliphatic heterocycles. The van der Waals surface area contributed by atoms with Crippen LogP contribution >= 0.6 is 0 Å². The van der Waals surface area contributed by atoms with E-state index in [0.717, 1.165) is 6.42 Å². The molecule has 1 rings (SSSR count). The lowest BCUT2D eigenvalue weighted by Gasteiger charge is -2.38. The Labute approximate surface area is 114 Å².